The molecular formula is C20H13Cl3N4S. The molecule has 0 radical (unpaired) electrons. The molecule has 28 heavy (non-hydrogen) atoms. The maximum atomic E-state index is 6.13. The second kappa shape index (κ2) is 8.53. The first kappa shape index (κ1) is 19.3. The van der Waals surface area contributed by atoms with Crippen LogP contribution in [-0.2, 0) is 5.75 Å². The summed E-state index contributed by atoms with van der Waals surface area (Å²) in [5.74, 6) is 1.42. The van der Waals surface area contributed by atoms with Gasteiger partial charge in [-0.2, -0.15) is 0 Å². The molecule has 0 amide bonds. The number of rotatable bonds is 5. The molecule has 4 aromatic rings. The summed E-state index contributed by atoms with van der Waals surface area (Å²) in [5, 5.41) is 11.3. The molecule has 0 aliphatic heterocycles. The van der Waals surface area contributed by atoms with Crippen molar-refractivity contribution in [2.75, 3.05) is 0 Å². The second-order valence-corrected chi connectivity index (χ2v) is 8.08. The molecule has 0 N–H and O–H groups in total. The minimum absolute atomic E-state index is 0.538. The van der Waals surface area contributed by atoms with Crippen molar-refractivity contribution in [3.63, 3.8) is 0 Å². The highest BCUT2D eigenvalue weighted by Crippen LogP contribution is 2.31. The van der Waals surface area contributed by atoms with E-state index in [4.69, 9.17) is 34.8 Å². The number of aromatic nitrogens is 4. The Balaban J connectivity index is 1.71. The molecule has 0 bridgehead atoms. The lowest BCUT2D eigenvalue weighted by Gasteiger charge is -2.10. The summed E-state index contributed by atoms with van der Waals surface area (Å²) in [7, 11) is 0. The van der Waals surface area contributed by atoms with Crippen molar-refractivity contribution in [2.24, 2.45) is 0 Å². The number of benzene rings is 2. The molecule has 0 saturated heterocycles. The molecule has 0 unspecified atom stereocenters. The third-order valence-corrected chi connectivity index (χ3v) is 6.00. The summed E-state index contributed by atoms with van der Waals surface area (Å²) >= 11 is 19.8. The maximum Gasteiger partial charge on any atom is 0.196 e. The van der Waals surface area contributed by atoms with Gasteiger partial charge in [0.2, 0.25) is 0 Å². The Bertz CT molecular complexity index is 1100. The van der Waals surface area contributed by atoms with Crippen LogP contribution in [0.4, 0.5) is 0 Å². The summed E-state index contributed by atoms with van der Waals surface area (Å²) in [6.07, 6.45) is 3.47. The maximum absolute atomic E-state index is 6.13. The fourth-order valence-corrected chi connectivity index (χ4v) is 3.99. The Hall–Kier alpha value is -2.05. The van der Waals surface area contributed by atoms with E-state index in [0.29, 0.717) is 20.8 Å². The molecule has 0 saturated carbocycles. The van der Waals surface area contributed by atoms with Crippen LogP contribution in [0, 0.1) is 0 Å². The predicted octanol–water partition coefficient (Wildman–Crippen LogP) is 6.58. The fourth-order valence-electron chi connectivity index (χ4n) is 2.65. The Labute approximate surface area is 181 Å². The van der Waals surface area contributed by atoms with Gasteiger partial charge in [-0.25, -0.2) is 0 Å². The van der Waals surface area contributed by atoms with Crippen molar-refractivity contribution in [2.45, 2.75) is 10.9 Å². The monoisotopic (exact) mass is 446 g/mol. The van der Waals surface area contributed by atoms with Crippen molar-refractivity contribution >= 4 is 46.6 Å². The van der Waals surface area contributed by atoms with Gasteiger partial charge in [0.25, 0.3) is 0 Å². The first-order chi connectivity index (χ1) is 13.6. The number of thioether (sulfide) groups is 1. The second-order valence-electron chi connectivity index (χ2n) is 5.89. The average Bonchev–Trinajstić information content (AvgIpc) is 3.14. The first-order valence-electron chi connectivity index (χ1n) is 8.30. The molecule has 0 aliphatic rings. The van der Waals surface area contributed by atoms with Gasteiger partial charge in [0.05, 0.1) is 10.0 Å². The Morgan fingerprint density at radius 2 is 1.57 bits per heavy atom. The smallest absolute Gasteiger partial charge is 0.196 e. The van der Waals surface area contributed by atoms with Gasteiger partial charge in [0, 0.05) is 34.4 Å². The molecule has 2 aromatic carbocycles. The predicted molar refractivity (Wildman–Crippen MR) is 116 cm³/mol. The number of halogens is 3. The van der Waals surface area contributed by atoms with Crippen LogP contribution in [0.5, 0.6) is 0 Å². The van der Waals surface area contributed by atoms with E-state index in [0.717, 1.165) is 27.8 Å². The van der Waals surface area contributed by atoms with E-state index in [-0.39, 0.29) is 0 Å². The molecule has 8 heteroatoms. The van der Waals surface area contributed by atoms with Crippen LogP contribution in [0.2, 0.25) is 15.1 Å². The van der Waals surface area contributed by atoms with Crippen molar-refractivity contribution in [3.8, 4) is 17.1 Å². The normalized spacial score (nSPS) is 11.0. The van der Waals surface area contributed by atoms with E-state index in [1.165, 1.54) is 0 Å². The van der Waals surface area contributed by atoms with Gasteiger partial charge in [-0.15, -0.1) is 10.2 Å². The lowest BCUT2D eigenvalue weighted by Crippen LogP contribution is -1.99. The highest BCUT2D eigenvalue weighted by molar-refractivity contribution is 7.98. The molecule has 0 aliphatic carbocycles. The molecule has 140 valence electrons. The van der Waals surface area contributed by atoms with E-state index in [2.05, 4.69) is 15.2 Å². The van der Waals surface area contributed by atoms with Crippen LogP contribution in [-0.4, -0.2) is 19.7 Å². The van der Waals surface area contributed by atoms with Gasteiger partial charge in [-0.3, -0.25) is 9.55 Å². The average molecular weight is 448 g/mol. The van der Waals surface area contributed by atoms with Gasteiger partial charge in [-0.1, -0.05) is 52.6 Å². The number of pyridine rings is 1. The van der Waals surface area contributed by atoms with Crippen molar-refractivity contribution in [1.82, 2.24) is 19.7 Å². The van der Waals surface area contributed by atoms with Gasteiger partial charge >= 0.3 is 0 Å². The molecule has 4 nitrogen and oxygen atoms in total. The Kier molecular flexibility index (Phi) is 5.87. The summed E-state index contributed by atoms with van der Waals surface area (Å²) in [6.45, 7) is 0. The molecule has 0 atom stereocenters. The molecule has 2 aromatic heterocycles. The van der Waals surface area contributed by atoms with E-state index in [1.54, 1.807) is 30.2 Å². The molecule has 2 heterocycles. The Morgan fingerprint density at radius 3 is 2.29 bits per heavy atom. The van der Waals surface area contributed by atoms with Crippen LogP contribution < -0.4 is 0 Å². The zero-order valence-electron chi connectivity index (χ0n) is 14.4. The Morgan fingerprint density at radius 1 is 0.821 bits per heavy atom. The zero-order chi connectivity index (χ0) is 19.5. The van der Waals surface area contributed by atoms with Crippen LogP contribution in [0.15, 0.2) is 72.1 Å². The molecular weight excluding hydrogens is 435 g/mol. The SMILES string of the molecule is Clc1ccc(-n2c(SCc3ccc(Cl)c(Cl)c3)nnc2-c2ccncc2)cc1. The van der Waals surface area contributed by atoms with Crippen LogP contribution in [0.3, 0.4) is 0 Å². The largest absolute Gasteiger partial charge is 0.270 e. The van der Waals surface area contributed by atoms with Crippen LogP contribution >= 0.6 is 46.6 Å². The summed E-state index contributed by atoms with van der Waals surface area (Å²) in [6, 6.07) is 17.0. The molecule has 0 fully saturated rings. The van der Waals surface area contributed by atoms with Gasteiger partial charge in [-0.05, 0) is 54.1 Å². The third-order valence-electron chi connectivity index (χ3n) is 4.01. The standard InChI is InChI=1S/C20H13Cl3N4S/c21-15-2-4-16(5-3-15)27-19(14-7-9-24-10-8-14)25-26-20(27)28-12-13-1-6-17(22)18(23)11-13/h1-11H,12H2. The van der Waals surface area contributed by atoms with Crippen molar-refractivity contribution in [1.29, 1.82) is 0 Å². The summed E-state index contributed by atoms with van der Waals surface area (Å²) in [5.41, 5.74) is 2.91. The van der Waals surface area contributed by atoms with Crippen LogP contribution in [0.1, 0.15) is 5.56 Å². The number of hydrogen-bond acceptors (Lipinski definition) is 4. The number of hydrogen-bond donors (Lipinski definition) is 0. The fraction of sp³-hybridized carbons (Fsp3) is 0.0500. The van der Waals surface area contributed by atoms with E-state index >= 15 is 0 Å². The van der Waals surface area contributed by atoms with E-state index in [1.807, 2.05) is 53.1 Å². The first-order valence-corrected chi connectivity index (χ1v) is 10.4. The minimum Gasteiger partial charge on any atom is -0.270 e. The minimum atomic E-state index is 0.538. The van der Waals surface area contributed by atoms with Crippen molar-refractivity contribution < 1.29 is 0 Å². The van der Waals surface area contributed by atoms with Gasteiger partial charge in [0.1, 0.15) is 0 Å². The molecule has 4 rings (SSSR count). The van der Waals surface area contributed by atoms with Gasteiger partial charge < -0.3 is 0 Å². The lowest BCUT2D eigenvalue weighted by atomic mass is 10.2. The zero-order valence-corrected chi connectivity index (χ0v) is 17.5. The number of nitrogens with zero attached hydrogens (tertiary/aromatic N) is 4. The van der Waals surface area contributed by atoms with E-state index in [9.17, 15) is 0 Å². The van der Waals surface area contributed by atoms with Crippen molar-refractivity contribution in [3.05, 3.63) is 87.6 Å². The van der Waals surface area contributed by atoms with Crippen LogP contribution in [0.25, 0.3) is 17.1 Å². The highest BCUT2D eigenvalue weighted by Gasteiger charge is 2.16. The van der Waals surface area contributed by atoms with E-state index < -0.39 is 0 Å². The summed E-state index contributed by atoms with van der Waals surface area (Å²) < 4.78 is 2.01. The lowest BCUT2D eigenvalue weighted by molar-refractivity contribution is 0.886. The summed E-state index contributed by atoms with van der Waals surface area (Å²) in [4.78, 5) is 4.08. The highest BCUT2D eigenvalue weighted by atomic mass is 35.5. The topological polar surface area (TPSA) is 43.6 Å². The van der Waals surface area contributed by atoms with Gasteiger partial charge in [0.15, 0.2) is 11.0 Å². The molecule has 0 spiro atoms. The third kappa shape index (κ3) is 4.18. The quantitative estimate of drug-likeness (QED) is 0.324.